The van der Waals surface area contributed by atoms with Crippen molar-refractivity contribution in [3.05, 3.63) is 66.3 Å². The number of nitrogens with zero attached hydrogens (tertiary/aromatic N) is 4. The van der Waals surface area contributed by atoms with E-state index in [1.165, 1.54) is 12.1 Å². The second-order valence-electron chi connectivity index (χ2n) is 6.96. The number of aromatic nitrogens is 2. The van der Waals surface area contributed by atoms with E-state index < -0.39 is 0 Å². The van der Waals surface area contributed by atoms with Crippen LogP contribution >= 0.6 is 0 Å². The molecule has 1 saturated heterocycles. The minimum absolute atomic E-state index is 0.0396. The number of hydrogen-bond donors (Lipinski definition) is 1. The van der Waals surface area contributed by atoms with Gasteiger partial charge in [0, 0.05) is 37.4 Å². The van der Waals surface area contributed by atoms with Crippen molar-refractivity contribution in [3.8, 4) is 11.4 Å². The summed E-state index contributed by atoms with van der Waals surface area (Å²) in [7, 11) is 0. The van der Waals surface area contributed by atoms with Crippen LogP contribution in [0.15, 0.2) is 59.1 Å². The summed E-state index contributed by atoms with van der Waals surface area (Å²) in [6.07, 6.45) is 0. The first-order chi connectivity index (χ1) is 14.1. The van der Waals surface area contributed by atoms with Gasteiger partial charge < -0.3 is 14.7 Å². The van der Waals surface area contributed by atoms with Crippen molar-refractivity contribution in [2.24, 2.45) is 0 Å². The third-order valence-corrected chi connectivity index (χ3v) is 5.08. The lowest BCUT2D eigenvalue weighted by Crippen LogP contribution is -2.50. The Bertz CT molecular complexity index is 953. The van der Waals surface area contributed by atoms with Crippen LogP contribution in [-0.4, -0.2) is 52.2 Å². The second-order valence-corrected chi connectivity index (χ2v) is 6.96. The molecule has 0 saturated carbocycles. The summed E-state index contributed by atoms with van der Waals surface area (Å²) in [5.41, 5.74) is 1.49. The summed E-state index contributed by atoms with van der Waals surface area (Å²) in [6, 6.07) is 15.2. The lowest BCUT2D eigenvalue weighted by atomic mass is 10.2. The average Bonchev–Trinajstić information content (AvgIpc) is 3.26. The zero-order valence-electron chi connectivity index (χ0n) is 16.1. The molecule has 1 N–H and O–H groups in total. The molecule has 1 fully saturated rings. The Labute approximate surface area is 168 Å². The van der Waals surface area contributed by atoms with Crippen LogP contribution in [0.5, 0.6) is 0 Å². The lowest BCUT2D eigenvalue weighted by molar-refractivity contribution is 0.104. The first-order valence-electron chi connectivity index (χ1n) is 9.55. The molecule has 1 aliphatic heterocycles. The quantitative estimate of drug-likeness (QED) is 0.728. The number of carbonyl (C=O) groups is 1. The Morgan fingerprint density at radius 1 is 1.07 bits per heavy atom. The predicted octanol–water partition coefficient (Wildman–Crippen LogP) is 3.79. The number of rotatable bonds is 4. The fourth-order valence-corrected chi connectivity index (χ4v) is 3.31. The summed E-state index contributed by atoms with van der Waals surface area (Å²) in [5.74, 6) is 0.805. The molecule has 1 atom stereocenters. The number of hydrogen-bond acceptors (Lipinski definition) is 5. The highest BCUT2D eigenvalue weighted by atomic mass is 19.1. The Morgan fingerprint density at radius 2 is 1.76 bits per heavy atom. The summed E-state index contributed by atoms with van der Waals surface area (Å²) in [5, 5.41) is 6.88. The van der Waals surface area contributed by atoms with Gasteiger partial charge in [0.2, 0.25) is 11.7 Å². The van der Waals surface area contributed by atoms with Crippen molar-refractivity contribution in [2.75, 3.05) is 31.5 Å². The van der Waals surface area contributed by atoms with Crippen LogP contribution in [0.3, 0.4) is 0 Å². The van der Waals surface area contributed by atoms with Gasteiger partial charge in [0.25, 0.3) is 0 Å². The van der Waals surface area contributed by atoms with E-state index in [0.717, 1.165) is 5.56 Å². The molecule has 150 valence electrons. The number of amides is 2. The van der Waals surface area contributed by atoms with Gasteiger partial charge >= 0.3 is 6.03 Å². The van der Waals surface area contributed by atoms with Gasteiger partial charge in [0.15, 0.2) is 0 Å². The minimum atomic E-state index is -0.331. The number of urea groups is 1. The van der Waals surface area contributed by atoms with E-state index in [4.69, 9.17) is 4.52 Å². The molecule has 0 radical (unpaired) electrons. The van der Waals surface area contributed by atoms with Crippen LogP contribution in [0.2, 0.25) is 0 Å². The largest absolute Gasteiger partial charge is 0.337 e. The van der Waals surface area contributed by atoms with E-state index in [1.807, 2.05) is 37.3 Å². The van der Waals surface area contributed by atoms with E-state index in [-0.39, 0.29) is 17.9 Å². The molecule has 0 bridgehead atoms. The fraction of sp³-hybridized carbons (Fsp3) is 0.286. The third kappa shape index (κ3) is 4.43. The Balaban J connectivity index is 1.32. The molecule has 1 aromatic heterocycles. The van der Waals surface area contributed by atoms with Gasteiger partial charge in [-0.2, -0.15) is 4.98 Å². The van der Waals surface area contributed by atoms with Crippen LogP contribution in [0, 0.1) is 5.82 Å². The zero-order chi connectivity index (χ0) is 20.2. The first kappa shape index (κ1) is 19.1. The van der Waals surface area contributed by atoms with Crippen LogP contribution in [-0.2, 0) is 0 Å². The normalized spacial score (nSPS) is 15.9. The minimum Gasteiger partial charge on any atom is -0.337 e. The molecule has 0 aliphatic carbocycles. The molecular formula is C21H22FN5O2. The van der Waals surface area contributed by atoms with Crippen LogP contribution in [0.1, 0.15) is 18.9 Å². The Hall–Kier alpha value is -3.26. The standard InChI is InChI=1S/C21H22FN5O2/c1-15(20-24-19(25-29-20)16-5-3-2-4-6-16)26-11-13-27(14-12-26)21(28)23-18-9-7-17(22)8-10-18/h2-10,15H,11-14H2,1H3,(H,23,28). The number of carbonyl (C=O) groups excluding carboxylic acids is 1. The third-order valence-electron chi connectivity index (χ3n) is 5.08. The smallest absolute Gasteiger partial charge is 0.321 e. The van der Waals surface area contributed by atoms with Gasteiger partial charge in [-0.3, -0.25) is 4.90 Å². The van der Waals surface area contributed by atoms with Gasteiger partial charge in [-0.15, -0.1) is 0 Å². The van der Waals surface area contributed by atoms with Gasteiger partial charge in [0.1, 0.15) is 5.82 Å². The van der Waals surface area contributed by atoms with E-state index in [1.54, 1.807) is 17.0 Å². The molecule has 0 spiro atoms. The molecule has 2 amide bonds. The van der Waals surface area contributed by atoms with Crippen LogP contribution in [0.25, 0.3) is 11.4 Å². The number of benzene rings is 2. The molecule has 3 aromatic rings. The number of nitrogens with one attached hydrogen (secondary N) is 1. The Morgan fingerprint density at radius 3 is 2.45 bits per heavy atom. The monoisotopic (exact) mass is 395 g/mol. The molecule has 4 rings (SSSR count). The van der Waals surface area contributed by atoms with Crippen LogP contribution in [0.4, 0.5) is 14.9 Å². The van der Waals surface area contributed by atoms with Crippen molar-refractivity contribution < 1.29 is 13.7 Å². The topological polar surface area (TPSA) is 74.5 Å². The van der Waals surface area contributed by atoms with Crippen molar-refractivity contribution in [1.82, 2.24) is 19.9 Å². The van der Waals surface area contributed by atoms with Crippen molar-refractivity contribution in [3.63, 3.8) is 0 Å². The predicted molar refractivity (Wildman–Crippen MR) is 107 cm³/mol. The molecule has 2 heterocycles. The van der Waals surface area contributed by atoms with Gasteiger partial charge in [0.05, 0.1) is 6.04 Å². The maximum Gasteiger partial charge on any atom is 0.321 e. The van der Waals surface area contributed by atoms with Gasteiger partial charge in [-0.25, -0.2) is 9.18 Å². The van der Waals surface area contributed by atoms with Crippen molar-refractivity contribution in [2.45, 2.75) is 13.0 Å². The van der Waals surface area contributed by atoms with Crippen molar-refractivity contribution in [1.29, 1.82) is 0 Å². The van der Waals surface area contributed by atoms with E-state index in [9.17, 15) is 9.18 Å². The number of anilines is 1. The Kier molecular flexibility index (Phi) is 5.53. The summed E-state index contributed by atoms with van der Waals surface area (Å²) >= 11 is 0. The highest BCUT2D eigenvalue weighted by Gasteiger charge is 2.27. The molecule has 7 nitrogen and oxygen atoms in total. The van der Waals surface area contributed by atoms with E-state index >= 15 is 0 Å². The van der Waals surface area contributed by atoms with E-state index in [0.29, 0.717) is 43.6 Å². The fourth-order valence-electron chi connectivity index (χ4n) is 3.31. The maximum absolute atomic E-state index is 13.0. The summed E-state index contributed by atoms with van der Waals surface area (Å²) < 4.78 is 18.5. The van der Waals surface area contributed by atoms with E-state index in [2.05, 4.69) is 20.4 Å². The first-order valence-corrected chi connectivity index (χ1v) is 9.55. The molecule has 1 aliphatic rings. The lowest BCUT2D eigenvalue weighted by Gasteiger charge is -2.36. The zero-order valence-corrected chi connectivity index (χ0v) is 16.1. The molecular weight excluding hydrogens is 373 g/mol. The number of piperazine rings is 1. The van der Waals surface area contributed by atoms with Crippen LogP contribution < -0.4 is 5.32 Å². The highest BCUT2D eigenvalue weighted by Crippen LogP contribution is 2.23. The summed E-state index contributed by atoms with van der Waals surface area (Å²) in [4.78, 5) is 20.9. The maximum atomic E-state index is 13.0. The highest BCUT2D eigenvalue weighted by molar-refractivity contribution is 5.89. The molecule has 1 unspecified atom stereocenters. The van der Waals surface area contributed by atoms with Gasteiger partial charge in [-0.1, -0.05) is 35.5 Å². The molecule has 29 heavy (non-hydrogen) atoms. The van der Waals surface area contributed by atoms with Crippen molar-refractivity contribution >= 4 is 11.7 Å². The average molecular weight is 395 g/mol. The number of halogens is 1. The molecule has 8 heteroatoms. The SMILES string of the molecule is CC(c1nc(-c2ccccc2)no1)N1CCN(C(=O)Nc2ccc(F)cc2)CC1. The summed E-state index contributed by atoms with van der Waals surface area (Å²) in [6.45, 7) is 4.58. The van der Waals surface area contributed by atoms with Gasteiger partial charge in [-0.05, 0) is 31.2 Å². The molecule has 2 aromatic carbocycles. The second kappa shape index (κ2) is 8.40.